The van der Waals surface area contributed by atoms with Crippen LogP contribution < -0.4 is 10.1 Å². The van der Waals surface area contributed by atoms with Gasteiger partial charge in [0.2, 0.25) is 11.8 Å². The Kier molecular flexibility index (Phi) is 7.21. The molecule has 0 saturated carbocycles. The molecular weight excluding hydrogens is 352 g/mol. The lowest BCUT2D eigenvalue weighted by Crippen LogP contribution is -2.31. The first-order valence-corrected chi connectivity index (χ1v) is 9.48. The Bertz CT molecular complexity index is 790. The molecule has 0 saturated heterocycles. The molecule has 5 heteroatoms. The van der Waals surface area contributed by atoms with Crippen molar-refractivity contribution in [3.63, 3.8) is 0 Å². The van der Waals surface area contributed by atoms with Crippen LogP contribution >= 0.6 is 0 Å². The monoisotopic (exact) mass is 382 g/mol. The van der Waals surface area contributed by atoms with Gasteiger partial charge in [-0.05, 0) is 40.8 Å². The van der Waals surface area contributed by atoms with E-state index in [4.69, 9.17) is 4.74 Å². The number of anilines is 1. The number of nitrogens with zero attached hydrogens (tertiary/aromatic N) is 1. The molecule has 0 bridgehead atoms. The Balaban J connectivity index is 1.90. The summed E-state index contributed by atoms with van der Waals surface area (Å²) in [6.45, 7) is 8.81. The predicted molar refractivity (Wildman–Crippen MR) is 112 cm³/mol. The van der Waals surface area contributed by atoms with Crippen molar-refractivity contribution in [2.75, 3.05) is 19.0 Å². The Morgan fingerprint density at radius 1 is 1.00 bits per heavy atom. The number of amides is 2. The van der Waals surface area contributed by atoms with Crippen molar-refractivity contribution in [1.29, 1.82) is 0 Å². The Hall–Kier alpha value is -2.82. The highest BCUT2D eigenvalue weighted by Gasteiger charge is 2.14. The van der Waals surface area contributed by atoms with Crippen molar-refractivity contribution in [2.24, 2.45) is 0 Å². The van der Waals surface area contributed by atoms with E-state index in [1.807, 2.05) is 48.5 Å². The molecule has 28 heavy (non-hydrogen) atoms. The van der Waals surface area contributed by atoms with Gasteiger partial charge in [0, 0.05) is 32.1 Å². The second-order valence-corrected chi connectivity index (χ2v) is 7.91. The zero-order chi connectivity index (χ0) is 20.7. The molecule has 0 fully saturated rings. The van der Waals surface area contributed by atoms with Crippen LogP contribution in [-0.4, -0.2) is 30.4 Å². The van der Waals surface area contributed by atoms with Crippen molar-refractivity contribution in [3.05, 3.63) is 59.7 Å². The molecule has 0 aliphatic rings. The molecule has 0 aromatic heterocycles. The molecule has 2 aromatic rings. The molecule has 0 heterocycles. The van der Waals surface area contributed by atoms with Gasteiger partial charge in [0.05, 0.1) is 7.11 Å². The lowest BCUT2D eigenvalue weighted by Gasteiger charge is -2.21. The highest BCUT2D eigenvalue weighted by Crippen LogP contribution is 2.23. The molecule has 1 N–H and O–H groups in total. The Morgan fingerprint density at radius 3 is 2.11 bits per heavy atom. The van der Waals surface area contributed by atoms with Crippen molar-refractivity contribution >= 4 is 17.5 Å². The number of carbonyl (C=O) groups excluding carboxylic acids is 2. The molecule has 5 nitrogen and oxygen atoms in total. The highest BCUT2D eigenvalue weighted by molar-refractivity contribution is 5.91. The third-order valence-electron chi connectivity index (χ3n) is 4.62. The lowest BCUT2D eigenvalue weighted by molar-refractivity contribution is -0.129. The summed E-state index contributed by atoms with van der Waals surface area (Å²) in [6, 6.07) is 15.5. The number of hydrogen-bond acceptors (Lipinski definition) is 3. The summed E-state index contributed by atoms with van der Waals surface area (Å²) in [7, 11) is 1.62. The average Bonchev–Trinajstić information content (AvgIpc) is 2.65. The fourth-order valence-corrected chi connectivity index (χ4v) is 2.81. The maximum absolute atomic E-state index is 12.3. The molecule has 0 unspecified atom stereocenters. The zero-order valence-corrected chi connectivity index (χ0v) is 17.4. The van der Waals surface area contributed by atoms with Gasteiger partial charge in [0.25, 0.3) is 0 Å². The molecule has 2 rings (SSSR count). The molecule has 0 radical (unpaired) electrons. The minimum absolute atomic E-state index is 0.0573. The van der Waals surface area contributed by atoms with E-state index < -0.39 is 0 Å². The smallest absolute Gasteiger partial charge is 0.226 e. The van der Waals surface area contributed by atoms with Crippen molar-refractivity contribution in [2.45, 2.75) is 46.1 Å². The van der Waals surface area contributed by atoms with E-state index in [0.717, 1.165) is 17.0 Å². The normalized spacial score (nSPS) is 11.0. The maximum Gasteiger partial charge on any atom is 0.226 e. The fourth-order valence-electron chi connectivity index (χ4n) is 2.81. The van der Waals surface area contributed by atoms with Crippen LogP contribution in [0.3, 0.4) is 0 Å². The topological polar surface area (TPSA) is 58.6 Å². The van der Waals surface area contributed by atoms with Gasteiger partial charge in [-0.1, -0.05) is 45.0 Å². The minimum Gasteiger partial charge on any atom is -0.497 e. The zero-order valence-electron chi connectivity index (χ0n) is 17.4. The molecule has 0 atom stereocenters. The third kappa shape index (κ3) is 6.41. The summed E-state index contributed by atoms with van der Waals surface area (Å²) in [6.07, 6.45) is 0.247. The van der Waals surface area contributed by atoms with E-state index in [9.17, 15) is 9.59 Å². The third-order valence-corrected chi connectivity index (χ3v) is 4.62. The summed E-state index contributed by atoms with van der Waals surface area (Å²) >= 11 is 0. The first kappa shape index (κ1) is 21.5. The molecule has 2 aromatic carbocycles. The largest absolute Gasteiger partial charge is 0.497 e. The first-order chi connectivity index (χ1) is 13.2. The van der Waals surface area contributed by atoms with Crippen LogP contribution in [-0.2, 0) is 21.5 Å². The lowest BCUT2D eigenvalue weighted by atomic mass is 9.87. The van der Waals surface area contributed by atoms with Crippen LogP contribution in [0, 0.1) is 0 Å². The van der Waals surface area contributed by atoms with Gasteiger partial charge >= 0.3 is 0 Å². The number of carbonyl (C=O) groups is 2. The Labute approximate surface area is 167 Å². The minimum atomic E-state index is -0.107. The van der Waals surface area contributed by atoms with Gasteiger partial charge in [-0.2, -0.15) is 0 Å². The molecule has 2 amide bonds. The van der Waals surface area contributed by atoms with Gasteiger partial charge in [0.15, 0.2) is 0 Å². The van der Waals surface area contributed by atoms with Gasteiger partial charge in [-0.15, -0.1) is 0 Å². The average molecular weight is 383 g/mol. The number of methoxy groups -OCH3 is 1. The first-order valence-electron chi connectivity index (χ1n) is 9.48. The molecular formula is C23H30N2O3. The second kappa shape index (κ2) is 9.40. The van der Waals surface area contributed by atoms with Crippen LogP contribution in [0.2, 0.25) is 0 Å². The molecule has 0 aliphatic heterocycles. The van der Waals surface area contributed by atoms with Crippen LogP contribution in [0.4, 0.5) is 5.69 Å². The SMILES string of the molecule is COc1ccc(CN(CCC(=O)Nc2ccc(C(C)(C)C)cc2)C(C)=O)cc1. The van der Waals surface area contributed by atoms with Gasteiger partial charge in [0.1, 0.15) is 5.75 Å². The van der Waals surface area contributed by atoms with Crippen LogP contribution in [0.1, 0.15) is 45.2 Å². The van der Waals surface area contributed by atoms with Crippen LogP contribution in [0.15, 0.2) is 48.5 Å². The quantitative estimate of drug-likeness (QED) is 0.773. The van der Waals surface area contributed by atoms with Crippen molar-refractivity contribution in [1.82, 2.24) is 4.90 Å². The standard InChI is InChI=1S/C23H30N2O3/c1-17(26)25(16-18-6-12-21(28-5)13-7-18)15-14-22(27)24-20-10-8-19(9-11-20)23(2,3)4/h6-13H,14-16H2,1-5H3,(H,24,27). The highest BCUT2D eigenvalue weighted by atomic mass is 16.5. The van der Waals surface area contributed by atoms with Crippen LogP contribution in [0.25, 0.3) is 0 Å². The Morgan fingerprint density at radius 2 is 1.61 bits per heavy atom. The summed E-state index contributed by atoms with van der Waals surface area (Å²) in [5.41, 5.74) is 3.05. The van der Waals surface area contributed by atoms with Crippen LogP contribution in [0.5, 0.6) is 5.75 Å². The van der Waals surface area contributed by atoms with E-state index in [1.165, 1.54) is 12.5 Å². The van der Waals surface area contributed by atoms with Crippen molar-refractivity contribution < 1.29 is 14.3 Å². The van der Waals surface area contributed by atoms with Crippen molar-refractivity contribution in [3.8, 4) is 5.75 Å². The summed E-state index contributed by atoms with van der Waals surface area (Å²) in [5.74, 6) is 0.609. The number of benzene rings is 2. The number of nitrogens with one attached hydrogen (secondary N) is 1. The number of hydrogen-bond donors (Lipinski definition) is 1. The summed E-state index contributed by atoms with van der Waals surface area (Å²) in [4.78, 5) is 25.9. The summed E-state index contributed by atoms with van der Waals surface area (Å²) < 4.78 is 5.15. The van der Waals surface area contributed by atoms with E-state index in [2.05, 4.69) is 26.1 Å². The van der Waals surface area contributed by atoms with E-state index >= 15 is 0 Å². The second-order valence-electron chi connectivity index (χ2n) is 7.91. The number of ether oxygens (including phenoxy) is 1. The fraction of sp³-hybridized carbons (Fsp3) is 0.391. The number of rotatable bonds is 7. The van der Waals surface area contributed by atoms with Gasteiger partial charge in [-0.3, -0.25) is 9.59 Å². The molecule has 0 spiro atoms. The van der Waals surface area contributed by atoms with E-state index in [0.29, 0.717) is 13.1 Å². The molecule has 0 aliphatic carbocycles. The summed E-state index contributed by atoms with van der Waals surface area (Å²) in [5, 5.41) is 2.90. The van der Waals surface area contributed by atoms with Gasteiger partial charge in [-0.25, -0.2) is 0 Å². The predicted octanol–water partition coefficient (Wildman–Crippen LogP) is 4.37. The maximum atomic E-state index is 12.3. The van der Waals surface area contributed by atoms with E-state index in [1.54, 1.807) is 12.0 Å². The molecule has 150 valence electrons. The van der Waals surface area contributed by atoms with E-state index in [-0.39, 0.29) is 23.7 Å². The van der Waals surface area contributed by atoms with Gasteiger partial charge < -0.3 is 15.0 Å².